The summed E-state index contributed by atoms with van der Waals surface area (Å²) in [5, 5.41) is 9.79. The summed E-state index contributed by atoms with van der Waals surface area (Å²) >= 11 is 0. The molecule has 4 nitrogen and oxygen atoms in total. The molecule has 2 rings (SSSR count). The Morgan fingerprint density at radius 2 is 1.83 bits per heavy atom. The second-order valence-corrected chi connectivity index (χ2v) is 6.47. The number of likely N-dealkylation sites (tertiary alicyclic amines) is 1. The van der Waals surface area contributed by atoms with E-state index in [0.29, 0.717) is 37.2 Å². The van der Waals surface area contributed by atoms with Gasteiger partial charge in [-0.1, -0.05) is 13.8 Å². The molecule has 1 saturated heterocycles. The van der Waals surface area contributed by atoms with Crippen LogP contribution in [0.4, 0.5) is 4.39 Å². The van der Waals surface area contributed by atoms with Gasteiger partial charge in [-0.25, -0.2) is 4.39 Å². The summed E-state index contributed by atoms with van der Waals surface area (Å²) in [6.45, 7) is 9.96. The molecule has 0 spiro atoms. The van der Waals surface area contributed by atoms with Crippen LogP contribution in [-0.2, 0) is 4.79 Å². The number of aryl methyl sites for hydroxylation is 1. The molecule has 136 valence electrons. The van der Waals surface area contributed by atoms with Crippen molar-refractivity contribution in [2.75, 3.05) is 20.2 Å². The standard InChI is InChI=1S/C17H24FNO3.C2H6/c1-11-9-13(14(18)10-15(11)22-4)12-5-7-19(8-6-12)16(20)17(2,3)21;1-2/h9-10,12,21H,5-8H2,1-4H3;1-2H3. The number of aliphatic hydroxyl groups is 1. The van der Waals surface area contributed by atoms with Gasteiger partial charge in [-0.3, -0.25) is 4.79 Å². The molecule has 1 aliphatic heterocycles. The molecule has 1 fully saturated rings. The Morgan fingerprint density at radius 1 is 1.29 bits per heavy atom. The number of halogens is 1. The molecule has 0 bridgehead atoms. The Balaban J connectivity index is 0.00000139. The summed E-state index contributed by atoms with van der Waals surface area (Å²) < 4.78 is 19.4. The van der Waals surface area contributed by atoms with E-state index in [4.69, 9.17) is 4.74 Å². The lowest BCUT2D eigenvalue weighted by Crippen LogP contribution is -2.48. The number of hydrogen-bond donors (Lipinski definition) is 1. The number of nitrogens with zero attached hydrogens (tertiary/aromatic N) is 1. The summed E-state index contributed by atoms with van der Waals surface area (Å²) in [5.74, 6) is 0.124. The van der Waals surface area contributed by atoms with Crippen molar-refractivity contribution in [3.05, 3.63) is 29.1 Å². The largest absolute Gasteiger partial charge is 0.496 e. The molecule has 1 aromatic carbocycles. The first kappa shape index (κ1) is 20.4. The quantitative estimate of drug-likeness (QED) is 0.914. The first-order valence-electron chi connectivity index (χ1n) is 8.60. The highest BCUT2D eigenvalue weighted by Crippen LogP contribution is 2.33. The second kappa shape index (κ2) is 8.47. The van der Waals surface area contributed by atoms with Crippen molar-refractivity contribution in [1.29, 1.82) is 0 Å². The summed E-state index contributed by atoms with van der Waals surface area (Å²) in [7, 11) is 1.53. The molecule has 0 radical (unpaired) electrons. The van der Waals surface area contributed by atoms with Crippen molar-refractivity contribution < 1.29 is 19.0 Å². The average Bonchev–Trinajstić information content (AvgIpc) is 2.57. The number of hydrogen-bond acceptors (Lipinski definition) is 3. The van der Waals surface area contributed by atoms with Crippen LogP contribution < -0.4 is 4.74 Å². The Bertz CT molecular complexity index is 558. The third kappa shape index (κ3) is 4.69. The van der Waals surface area contributed by atoms with E-state index >= 15 is 0 Å². The van der Waals surface area contributed by atoms with Crippen molar-refractivity contribution in [3.63, 3.8) is 0 Å². The van der Waals surface area contributed by atoms with Gasteiger partial charge in [0.25, 0.3) is 5.91 Å². The maximum Gasteiger partial charge on any atom is 0.253 e. The molecule has 24 heavy (non-hydrogen) atoms. The summed E-state index contributed by atoms with van der Waals surface area (Å²) in [6, 6.07) is 3.27. The minimum atomic E-state index is -1.35. The number of ether oxygens (including phenoxy) is 1. The van der Waals surface area contributed by atoms with E-state index in [1.54, 1.807) is 4.90 Å². The second-order valence-electron chi connectivity index (χ2n) is 6.47. The fraction of sp³-hybridized carbons (Fsp3) is 0.632. The van der Waals surface area contributed by atoms with Gasteiger partial charge >= 0.3 is 0 Å². The molecule has 1 amide bonds. The molecule has 0 unspecified atom stereocenters. The van der Waals surface area contributed by atoms with Gasteiger partial charge in [-0.2, -0.15) is 0 Å². The molecule has 1 N–H and O–H groups in total. The Kier molecular flexibility index (Phi) is 7.21. The van der Waals surface area contributed by atoms with Crippen molar-refractivity contribution in [2.45, 2.75) is 59.0 Å². The number of carbonyl (C=O) groups is 1. The van der Waals surface area contributed by atoms with Gasteiger partial charge in [0.1, 0.15) is 17.2 Å². The minimum absolute atomic E-state index is 0.0930. The predicted octanol–water partition coefficient (Wildman–Crippen LogP) is 3.65. The van der Waals surface area contributed by atoms with E-state index < -0.39 is 5.60 Å². The molecule has 0 aromatic heterocycles. The van der Waals surface area contributed by atoms with E-state index in [1.807, 2.05) is 26.8 Å². The van der Waals surface area contributed by atoms with Gasteiger partial charge in [0.15, 0.2) is 0 Å². The predicted molar refractivity (Wildman–Crippen MR) is 93.9 cm³/mol. The Hall–Kier alpha value is -1.62. The number of benzene rings is 1. The van der Waals surface area contributed by atoms with E-state index in [-0.39, 0.29) is 17.6 Å². The molecule has 1 aromatic rings. The summed E-state index contributed by atoms with van der Waals surface area (Å²) in [6.07, 6.45) is 1.40. The average molecular weight is 339 g/mol. The van der Waals surface area contributed by atoms with Gasteiger partial charge in [0.05, 0.1) is 7.11 Å². The third-order valence-electron chi connectivity index (χ3n) is 4.26. The lowest BCUT2D eigenvalue weighted by atomic mass is 9.87. The highest BCUT2D eigenvalue weighted by atomic mass is 19.1. The van der Waals surface area contributed by atoms with Gasteiger partial charge in [-0.15, -0.1) is 0 Å². The molecular formula is C19H30FNO3. The van der Waals surface area contributed by atoms with Crippen LogP contribution in [-0.4, -0.2) is 41.7 Å². The van der Waals surface area contributed by atoms with Gasteiger partial charge in [-0.05, 0) is 56.7 Å². The summed E-state index contributed by atoms with van der Waals surface area (Å²) in [5.41, 5.74) is 0.247. The first-order chi connectivity index (χ1) is 11.2. The molecule has 1 heterocycles. The normalized spacial score (nSPS) is 15.6. The number of rotatable bonds is 3. The highest BCUT2D eigenvalue weighted by Gasteiger charge is 2.33. The van der Waals surface area contributed by atoms with E-state index in [0.717, 1.165) is 5.56 Å². The summed E-state index contributed by atoms with van der Waals surface area (Å²) in [4.78, 5) is 13.7. The van der Waals surface area contributed by atoms with Crippen molar-refractivity contribution in [1.82, 2.24) is 4.90 Å². The molecular weight excluding hydrogens is 309 g/mol. The minimum Gasteiger partial charge on any atom is -0.496 e. The van der Waals surface area contributed by atoms with Crippen LogP contribution >= 0.6 is 0 Å². The van der Waals surface area contributed by atoms with Crippen LogP contribution in [0.5, 0.6) is 5.75 Å². The smallest absolute Gasteiger partial charge is 0.253 e. The van der Waals surface area contributed by atoms with Gasteiger partial charge in [0.2, 0.25) is 0 Å². The number of methoxy groups -OCH3 is 1. The van der Waals surface area contributed by atoms with E-state index in [1.165, 1.54) is 27.0 Å². The van der Waals surface area contributed by atoms with Crippen LogP contribution in [0.3, 0.4) is 0 Å². The number of amides is 1. The number of carbonyl (C=O) groups excluding carboxylic acids is 1. The van der Waals surface area contributed by atoms with Crippen LogP contribution in [0.25, 0.3) is 0 Å². The Morgan fingerprint density at radius 3 is 2.29 bits per heavy atom. The zero-order valence-electron chi connectivity index (χ0n) is 15.6. The molecule has 5 heteroatoms. The Labute approximate surface area is 144 Å². The van der Waals surface area contributed by atoms with Crippen molar-refractivity contribution in [3.8, 4) is 5.75 Å². The number of piperidine rings is 1. The van der Waals surface area contributed by atoms with Crippen LogP contribution in [0, 0.1) is 12.7 Å². The van der Waals surface area contributed by atoms with Crippen molar-refractivity contribution in [2.24, 2.45) is 0 Å². The SMILES string of the molecule is CC.COc1cc(F)c(C2CCN(C(=O)C(C)(C)O)CC2)cc1C. The fourth-order valence-corrected chi connectivity index (χ4v) is 3.00. The lowest BCUT2D eigenvalue weighted by Gasteiger charge is -2.35. The van der Waals surface area contributed by atoms with Gasteiger partial charge < -0.3 is 14.7 Å². The van der Waals surface area contributed by atoms with E-state index in [2.05, 4.69) is 0 Å². The monoisotopic (exact) mass is 339 g/mol. The molecule has 0 aliphatic carbocycles. The zero-order chi connectivity index (χ0) is 18.5. The lowest BCUT2D eigenvalue weighted by molar-refractivity contribution is -0.148. The fourth-order valence-electron chi connectivity index (χ4n) is 3.00. The van der Waals surface area contributed by atoms with Crippen LogP contribution in [0.15, 0.2) is 12.1 Å². The maximum absolute atomic E-state index is 14.2. The third-order valence-corrected chi connectivity index (χ3v) is 4.26. The first-order valence-corrected chi connectivity index (χ1v) is 8.60. The zero-order valence-corrected chi connectivity index (χ0v) is 15.6. The highest BCUT2D eigenvalue weighted by molar-refractivity contribution is 5.84. The van der Waals surface area contributed by atoms with E-state index in [9.17, 15) is 14.3 Å². The topological polar surface area (TPSA) is 49.8 Å². The van der Waals surface area contributed by atoms with Crippen LogP contribution in [0.2, 0.25) is 0 Å². The molecule has 1 aliphatic rings. The molecule has 0 atom stereocenters. The van der Waals surface area contributed by atoms with Crippen LogP contribution in [0.1, 0.15) is 57.6 Å². The van der Waals surface area contributed by atoms with Gasteiger partial charge in [0, 0.05) is 19.2 Å². The molecule has 0 saturated carbocycles. The maximum atomic E-state index is 14.2. The van der Waals surface area contributed by atoms with Crippen molar-refractivity contribution >= 4 is 5.91 Å².